The third-order valence-electron chi connectivity index (χ3n) is 4.12. The molecule has 0 aliphatic carbocycles. The molecule has 0 aromatic carbocycles. The van der Waals surface area contributed by atoms with Gasteiger partial charge < -0.3 is 10.2 Å². The van der Waals surface area contributed by atoms with E-state index >= 15 is 0 Å². The molecule has 4 nitrogen and oxygen atoms in total. The third-order valence-corrected chi connectivity index (χ3v) is 4.61. The number of rotatable bonds is 6. The number of halogens is 1. The van der Waals surface area contributed by atoms with E-state index < -0.39 is 0 Å². The lowest BCUT2D eigenvalue weighted by Crippen LogP contribution is -2.56. The van der Waals surface area contributed by atoms with Crippen LogP contribution in [0.3, 0.4) is 0 Å². The monoisotopic (exact) mass is 286 g/mol. The highest BCUT2D eigenvalue weighted by molar-refractivity contribution is 6.31. The first kappa shape index (κ1) is 16.5. The Morgan fingerprint density at radius 2 is 2.00 bits per heavy atom. The van der Waals surface area contributed by atoms with E-state index in [0.29, 0.717) is 6.04 Å². The van der Waals surface area contributed by atoms with E-state index in [1.807, 2.05) is 18.7 Å². The summed E-state index contributed by atoms with van der Waals surface area (Å²) in [5.74, 6) is 0. The highest BCUT2D eigenvalue weighted by Crippen LogP contribution is 2.25. The van der Waals surface area contributed by atoms with Crippen LogP contribution in [0.5, 0.6) is 0 Å². The average molecular weight is 287 g/mol. The van der Waals surface area contributed by atoms with Crippen LogP contribution in [0.1, 0.15) is 32.2 Å². The van der Waals surface area contributed by atoms with Gasteiger partial charge in [0.25, 0.3) is 0 Å². The highest BCUT2D eigenvalue weighted by Gasteiger charge is 2.32. The second-order valence-electron chi connectivity index (χ2n) is 5.83. The molecule has 1 rings (SSSR count). The summed E-state index contributed by atoms with van der Waals surface area (Å²) in [5.41, 5.74) is 2.04. The van der Waals surface area contributed by atoms with Crippen LogP contribution in [0.25, 0.3) is 0 Å². The van der Waals surface area contributed by atoms with Crippen molar-refractivity contribution in [3.05, 3.63) is 16.4 Å². The van der Waals surface area contributed by atoms with Gasteiger partial charge in [-0.1, -0.05) is 18.5 Å². The van der Waals surface area contributed by atoms with Gasteiger partial charge in [-0.25, -0.2) is 0 Å². The smallest absolute Gasteiger partial charge is 0.0847 e. The predicted molar refractivity (Wildman–Crippen MR) is 81.9 cm³/mol. The molecule has 0 bridgehead atoms. The van der Waals surface area contributed by atoms with Crippen molar-refractivity contribution in [3.63, 3.8) is 0 Å². The number of aromatic nitrogens is 2. The van der Waals surface area contributed by atoms with Crippen LogP contribution < -0.4 is 5.32 Å². The van der Waals surface area contributed by atoms with Gasteiger partial charge in [0.05, 0.1) is 16.4 Å². The summed E-state index contributed by atoms with van der Waals surface area (Å²) >= 11 is 6.36. The van der Waals surface area contributed by atoms with E-state index in [9.17, 15) is 0 Å². The highest BCUT2D eigenvalue weighted by atomic mass is 35.5. The second-order valence-corrected chi connectivity index (χ2v) is 6.21. The molecule has 0 saturated heterocycles. The summed E-state index contributed by atoms with van der Waals surface area (Å²) < 4.78 is 1.90. The molecule has 0 radical (unpaired) electrons. The van der Waals surface area contributed by atoms with E-state index in [1.54, 1.807) is 0 Å². The quantitative estimate of drug-likeness (QED) is 0.871. The van der Waals surface area contributed by atoms with E-state index in [1.165, 1.54) is 0 Å². The topological polar surface area (TPSA) is 33.1 Å². The van der Waals surface area contributed by atoms with Crippen molar-refractivity contribution in [1.29, 1.82) is 0 Å². The lowest BCUT2D eigenvalue weighted by Gasteiger charge is -2.40. The van der Waals surface area contributed by atoms with Crippen LogP contribution in [0.4, 0.5) is 0 Å². The van der Waals surface area contributed by atoms with Crippen molar-refractivity contribution in [2.75, 3.05) is 20.6 Å². The Bertz CT molecular complexity index is 423. The first-order valence-electron chi connectivity index (χ1n) is 6.80. The molecule has 1 atom stereocenters. The van der Waals surface area contributed by atoms with Crippen molar-refractivity contribution in [1.82, 2.24) is 20.0 Å². The molecule has 5 heteroatoms. The normalized spacial score (nSPS) is 14.2. The molecule has 0 spiro atoms. The maximum absolute atomic E-state index is 6.36. The van der Waals surface area contributed by atoms with Gasteiger partial charge in [-0.3, -0.25) is 4.68 Å². The number of likely N-dealkylation sites (N-methyl/N-ethyl adjacent to an activating group) is 2. The van der Waals surface area contributed by atoms with Crippen LogP contribution in [-0.4, -0.2) is 46.9 Å². The van der Waals surface area contributed by atoms with E-state index in [2.05, 4.69) is 50.2 Å². The van der Waals surface area contributed by atoms with E-state index in [0.717, 1.165) is 29.4 Å². The molecule has 0 fully saturated rings. The summed E-state index contributed by atoms with van der Waals surface area (Å²) in [4.78, 5) is 2.25. The van der Waals surface area contributed by atoms with Crippen LogP contribution in [-0.2, 0) is 13.5 Å². The van der Waals surface area contributed by atoms with Gasteiger partial charge in [-0.15, -0.1) is 0 Å². The summed E-state index contributed by atoms with van der Waals surface area (Å²) in [5, 5.41) is 8.76. The molecular formula is C14H27ClN4. The Kier molecular flexibility index (Phi) is 5.42. The average Bonchev–Trinajstić information content (AvgIpc) is 2.54. The standard InChI is InChI=1S/C14H27ClN4/c1-8-16-12(14(3,4)18(5)6)9-11-13(15)10(2)17-19(11)7/h12,16H,8-9H2,1-7H3. The molecule has 19 heavy (non-hydrogen) atoms. The number of nitrogens with one attached hydrogen (secondary N) is 1. The van der Waals surface area contributed by atoms with Crippen LogP contribution in [0.2, 0.25) is 5.02 Å². The molecule has 0 saturated carbocycles. The minimum atomic E-state index is 0.0392. The lowest BCUT2D eigenvalue weighted by atomic mass is 9.89. The predicted octanol–water partition coefficient (Wildman–Crippen LogP) is 2.24. The van der Waals surface area contributed by atoms with Gasteiger partial charge in [-0.2, -0.15) is 5.10 Å². The number of hydrogen-bond acceptors (Lipinski definition) is 3. The van der Waals surface area contributed by atoms with Crippen LogP contribution in [0, 0.1) is 6.92 Å². The molecule has 1 heterocycles. The maximum atomic E-state index is 6.36. The first-order chi connectivity index (χ1) is 8.71. The number of hydrogen-bond donors (Lipinski definition) is 1. The van der Waals surface area contributed by atoms with E-state index in [4.69, 9.17) is 11.6 Å². The zero-order valence-electron chi connectivity index (χ0n) is 13.2. The Balaban J connectivity index is 3.02. The van der Waals surface area contributed by atoms with Crippen LogP contribution >= 0.6 is 11.6 Å². The fourth-order valence-corrected chi connectivity index (χ4v) is 2.46. The summed E-state index contributed by atoms with van der Waals surface area (Å²) in [6.45, 7) is 9.52. The molecule has 1 aromatic rings. The van der Waals surface area contributed by atoms with Gasteiger partial charge in [-0.05, 0) is 41.4 Å². The van der Waals surface area contributed by atoms with Crippen molar-refractivity contribution >= 4 is 11.6 Å². The summed E-state index contributed by atoms with van der Waals surface area (Å²) in [7, 11) is 6.18. The maximum Gasteiger partial charge on any atom is 0.0847 e. The SMILES string of the molecule is CCNC(Cc1c(Cl)c(C)nn1C)C(C)(C)N(C)C. The Morgan fingerprint density at radius 3 is 2.37 bits per heavy atom. The molecule has 1 N–H and O–H groups in total. The number of nitrogens with zero attached hydrogens (tertiary/aromatic N) is 3. The first-order valence-corrected chi connectivity index (χ1v) is 7.18. The van der Waals surface area contributed by atoms with Gasteiger partial charge in [0.15, 0.2) is 0 Å². The largest absolute Gasteiger partial charge is 0.312 e. The fraction of sp³-hybridized carbons (Fsp3) is 0.786. The Morgan fingerprint density at radius 1 is 1.42 bits per heavy atom. The minimum absolute atomic E-state index is 0.0392. The summed E-state index contributed by atoms with van der Waals surface area (Å²) in [6, 6.07) is 0.319. The zero-order chi connectivity index (χ0) is 14.8. The molecule has 110 valence electrons. The second kappa shape index (κ2) is 6.25. The molecule has 0 amide bonds. The fourth-order valence-electron chi connectivity index (χ4n) is 2.22. The Labute approximate surface area is 122 Å². The zero-order valence-corrected chi connectivity index (χ0v) is 14.0. The number of aryl methyl sites for hydroxylation is 2. The van der Waals surface area contributed by atoms with Crippen molar-refractivity contribution in [2.24, 2.45) is 7.05 Å². The Hall–Kier alpha value is -0.580. The van der Waals surface area contributed by atoms with Crippen molar-refractivity contribution in [2.45, 2.75) is 45.7 Å². The van der Waals surface area contributed by atoms with Gasteiger partial charge >= 0.3 is 0 Å². The van der Waals surface area contributed by atoms with Gasteiger partial charge in [0.2, 0.25) is 0 Å². The molecule has 0 aliphatic heterocycles. The van der Waals surface area contributed by atoms with Gasteiger partial charge in [0, 0.05) is 25.0 Å². The molecule has 1 unspecified atom stereocenters. The molecular weight excluding hydrogens is 260 g/mol. The molecule has 0 aliphatic rings. The van der Waals surface area contributed by atoms with Gasteiger partial charge in [0.1, 0.15) is 0 Å². The molecule has 1 aromatic heterocycles. The lowest BCUT2D eigenvalue weighted by molar-refractivity contribution is 0.137. The van der Waals surface area contributed by atoms with Crippen molar-refractivity contribution < 1.29 is 0 Å². The third kappa shape index (κ3) is 3.50. The van der Waals surface area contributed by atoms with Crippen LogP contribution in [0.15, 0.2) is 0 Å². The van der Waals surface area contributed by atoms with Crippen molar-refractivity contribution in [3.8, 4) is 0 Å². The summed E-state index contributed by atoms with van der Waals surface area (Å²) in [6.07, 6.45) is 0.870. The van der Waals surface area contributed by atoms with E-state index in [-0.39, 0.29) is 5.54 Å². The minimum Gasteiger partial charge on any atom is -0.312 e.